The number of nitrogens with one attached hydrogen (secondary N) is 1. The monoisotopic (exact) mass is 219 g/mol. The Labute approximate surface area is 91.9 Å². The van der Waals surface area contributed by atoms with Gasteiger partial charge in [0.05, 0.1) is 10.9 Å². The molecule has 0 radical (unpaired) electrons. The third-order valence-electron chi connectivity index (χ3n) is 2.53. The molecule has 4 nitrogen and oxygen atoms in total. The zero-order valence-electron chi connectivity index (χ0n) is 9.46. The normalized spacial score (nSPS) is 11.9. The molecule has 1 heterocycles. The number of benzene rings is 1. The summed E-state index contributed by atoms with van der Waals surface area (Å²) < 4.78 is 4.45. The van der Waals surface area contributed by atoms with Gasteiger partial charge in [0.1, 0.15) is 0 Å². The van der Waals surface area contributed by atoms with Crippen molar-refractivity contribution in [3.8, 4) is 0 Å². The molecule has 2 aromatic rings. The van der Waals surface area contributed by atoms with E-state index in [2.05, 4.69) is 30.2 Å². The maximum absolute atomic E-state index is 11.4. The molecule has 0 bridgehead atoms. The first-order valence-electron chi connectivity index (χ1n) is 5.05. The van der Waals surface area contributed by atoms with Crippen molar-refractivity contribution < 1.29 is 4.42 Å². The number of aromatic nitrogens is 1. The van der Waals surface area contributed by atoms with Gasteiger partial charge >= 0.3 is 11.4 Å². The number of rotatable bonds is 0. The van der Waals surface area contributed by atoms with Crippen LogP contribution in [0.4, 0.5) is 0 Å². The zero-order chi connectivity index (χ0) is 11.9. The predicted molar refractivity (Wildman–Crippen MR) is 61.8 cm³/mol. The summed E-state index contributed by atoms with van der Waals surface area (Å²) in [7, 11) is 0. The van der Waals surface area contributed by atoms with Gasteiger partial charge in [0.15, 0.2) is 0 Å². The zero-order valence-corrected chi connectivity index (χ0v) is 9.46. The van der Waals surface area contributed by atoms with Crippen LogP contribution >= 0.6 is 0 Å². The highest BCUT2D eigenvalue weighted by molar-refractivity contribution is 5.77. The number of H-pyrrole nitrogens is 1. The first kappa shape index (κ1) is 10.7. The molecule has 2 rings (SSSR count). The SMILES string of the molecule is CC(C)(C)c1ccc2c(=O)oc(=O)[nH]c2c1. The van der Waals surface area contributed by atoms with E-state index < -0.39 is 11.4 Å². The minimum Gasteiger partial charge on any atom is -0.372 e. The van der Waals surface area contributed by atoms with Gasteiger partial charge in [-0.25, -0.2) is 9.59 Å². The van der Waals surface area contributed by atoms with E-state index in [9.17, 15) is 9.59 Å². The Morgan fingerprint density at radius 3 is 2.50 bits per heavy atom. The van der Waals surface area contributed by atoms with Crippen LogP contribution in [0.3, 0.4) is 0 Å². The van der Waals surface area contributed by atoms with E-state index in [4.69, 9.17) is 0 Å². The van der Waals surface area contributed by atoms with Gasteiger partial charge in [-0.2, -0.15) is 0 Å². The molecule has 16 heavy (non-hydrogen) atoms. The predicted octanol–water partition coefficient (Wildman–Crippen LogP) is 1.78. The maximum atomic E-state index is 11.4. The fraction of sp³-hybridized carbons (Fsp3) is 0.333. The Kier molecular flexibility index (Phi) is 2.22. The van der Waals surface area contributed by atoms with Gasteiger partial charge in [-0.1, -0.05) is 26.8 Å². The largest absolute Gasteiger partial charge is 0.419 e. The molecule has 0 aliphatic rings. The second-order valence-electron chi connectivity index (χ2n) is 4.81. The van der Waals surface area contributed by atoms with E-state index >= 15 is 0 Å². The summed E-state index contributed by atoms with van der Waals surface area (Å²) >= 11 is 0. The van der Waals surface area contributed by atoms with Gasteiger partial charge in [0.2, 0.25) is 0 Å². The molecule has 0 fully saturated rings. The van der Waals surface area contributed by atoms with E-state index in [0.717, 1.165) is 5.56 Å². The molecule has 0 saturated heterocycles. The van der Waals surface area contributed by atoms with Crippen LogP contribution in [0.5, 0.6) is 0 Å². The van der Waals surface area contributed by atoms with Crippen LogP contribution in [0.15, 0.2) is 32.2 Å². The Morgan fingerprint density at radius 1 is 1.19 bits per heavy atom. The summed E-state index contributed by atoms with van der Waals surface area (Å²) in [5.74, 6) is -0.719. The lowest BCUT2D eigenvalue weighted by Crippen LogP contribution is -2.16. The lowest BCUT2D eigenvalue weighted by atomic mass is 9.87. The third kappa shape index (κ3) is 1.78. The van der Waals surface area contributed by atoms with Crippen LogP contribution in [0.25, 0.3) is 10.9 Å². The van der Waals surface area contributed by atoms with Crippen molar-refractivity contribution in [1.29, 1.82) is 0 Å². The Bertz CT molecular complexity index is 644. The Balaban J connectivity index is 2.82. The summed E-state index contributed by atoms with van der Waals surface area (Å²) in [6, 6.07) is 5.36. The lowest BCUT2D eigenvalue weighted by molar-refractivity contribution is 0.460. The average Bonchev–Trinajstić information content (AvgIpc) is 2.15. The number of aromatic amines is 1. The number of hydrogen-bond donors (Lipinski definition) is 1. The van der Waals surface area contributed by atoms with Crippen LogP contribution in [0, 0.1) is 0 Å². The van der Waals surface area contributed by atoms with Crippen molar-refractivity contribution in [2.45, 2.75) is 26.2 Å². The van der Waals surface area contributed by atoms with Gasteiger partial charge in [-0.05, 0) is 23.1 Å². The molecule has 1 aromatic heterocycles. The van der Waals surface area contributed by atoms with Crippen molar-refractivity contribution in [2.24, 2.45) is 0 Å². The molecule has 0 amide bonds. The molecule has 84 valence electrons. The second kappa shape index (κ2) is 3.33. The molecule has 0 spiro atoms. The van der Waals surface area contributed by atoms with Crippen LogP contribution in [-0.4, -0.2) is 4.98 Å². The summed E-state index contributed by atoms with van der Waals surface area (Å²) in [5, 5.41) is 0.396. The van der Waals surface area contributed by atoms with E-state index in [1.807, 2.05) is 12.1 Å². The van der Waals surface area contributed by atoms with Gasteiger partial charge < -0.3 is 4.42 Å². The van der Waals surface area contributed by atoms with Crippen molar-refractivity contribution in [3.63, 3.8) is 0 Å². The highest BCUT2D eigenvalue weighted by atomic mass is 16.4. The number of hydrogen-bond acceptors (Lipinski definition) is 3. The van der Waals surface area contributed by atoms with Crippen LogP contribution in [-0.2, 0) is 5.41 Å². The summed E-state index contributed by atoms with van der Waals surface area (Å²) in [6.07, 6.45) is 0. The van der Waals surface area contributed by atoms with Gasteiger partial charge in [-0.15, -0.1) is 0 Å². The summed E-state index contributed by atoms with van der Waals surface area (Å²) in [5.41, 5.74) is 0.954. The van der Waals surface area contributed by atoms with Crippen LogP contribution in [0.2, 0.25) is 0 Å². The fourth-order valence-corrected chi connectivity index (χ4v) is 1.57. The van der Waals surface area contributed by atoms with Crippen LogP contribution in [0.1, 0.15) is 26.3 Å². The van der Waals surface area contributed by atoms with E-state index in [1.165, 1.54) is 0 Å². The topological polar surface area (TPSA) is 63.1 Å². The number of fused-ring (bicyclic) bond motifs is 1. The first-order valence-corrected chi connectivity index (χ1v) is 5.05. The fourth-order valence-electron chi connectivity index (χ4n) is 1.57. The second-order valence-corrected chi connectivity index (χ2v) is 4.81. The molecular formula is C12H13NO3. The molecule has 1 aromatic carbocycles. The smallest absolute Gasteiger partial charge is 0.372 e. The van der Waals surface area contributed by atoms with Crippen molar-refractivity contribution in [3.05, 3.63) is 44.7 Å². The molecule has 4 heteroatoms. The van der Waals surface area contributed by atoms with Crippen molar-refractivity contribution in [1.82, 2.24) is 4.98 Å². The van der Waals surface area contributed by atoms with E-state index in [1.54, 1.807) is 6.07 Å². The quantitative estimate of drug-likeness (QED) is 0.734. The summed E-state index contributed by atoms with van der Waals surface area (Å²) in [6.45, 7) is 6.20. The first-order chi connectivity index (χ1) is 7.38. The third-order valence-corrected chi connectivity index (χ3v) is 2.53. The molecule has 0 aliphatic carbocycles. The Morgan fingerprint density at radius 2 is 1.88 bits per heavy atom. The van der Waals surface area contributed by atoms with Gasteiger partial charge in [-0.3, -0.25) is 4.98 Å². The molecule has 1 N–H and O–H groups in total. The minimum atomic E-state index is -0.719. The van der Waals surface area contributed by atoms with Crippen molar-refractivity contribution >= 4 is 10.9 Å². The van der Waals surface area contributed by atoms with Crippen LogP contribution < -0.4 is 11.4 Å². The molecule has 0 aliphatic heterocycles. The Hall–Kier alpha value is -1.84. The van der Waals surface area contributed by atoms with Crippen molar-refractivity contribution in [2.75, 3.05) is 0 Å². The maximum Gasteiger partial charge on any atom is 0.419 e. The van der Waals surface area contributed by atoms with Gasteiger partial charge in [0, 0.05) is 0 Å². The van der Waals surface area contributed by atoms with Gasteiger partial charge in [0.25, 0.3) is 0 Å². The molecule has 0 unspecified atom stereocenters. The molecule has 0 saturated carbocycles. The highest BCUT2D eigenvalue weighted by Crippen LogP contribution is 2.23. The highest BCUT2D eigenvalue weighted by Gasteiger charge is 2.14. The standard InChI is InChI=1S/C12H13NO3/c1-12(2,3)7-4-5-8-9(6-7)13-11(15)16-10(8)14/h4-6H,1-3H3,(H,13,15). The van der Waals surface area contributed by atoms with E-state index in [0.29, 0.717) is 10.9 Å². The molecular weight excluding hydrogens is 206 g/mol. The average molecular weight is 219 g/mol. The lowest BCUT2D eigenvalue weighted by Gasteiger charge is -2.18. The summed E-state index contributed by atoms with van der Waals surface area (Å²) in [4.78, 5) is 24.9. The van der Waals surface area contributed by atoms with E-state index in [-0.39, 0.29) is 5.41 Å². The molecule has 0 atom stereocenters. The minimum absolute atomic E-state index is 0.0267.